The third-order valence-corrected chi connectivity index (χ3v) is 3.88. The maximum absolute atomic E-state index is 12.1. The van der Waals surface area contributed by atoms with Crippen molar-refractivity contribution in [2.75, 3.05) is 11.9 Å². The van der Waals surface area contributed by atoms with Crippen LogP contribution in [0.15, 0.2) is 24.3 Å². The van der Waals surface area contributed by atoms with Crippen LogP contribution in [0.3, 0.4) is 0 Å². The van der Waals surface area contributed by atoms with E-state index in [1.807, 2.05) is 0 Å². The number of halogens is 3. The zero-order valence-electron chi connectivity index (χ0n) is 12.8. The lowest BCUT2D eigenvalue weighted by Gasteiger charge is -2.10. The quantitative estimate of drug-likeness (QED) is 0.621. The Morgan fingerprint density at radius 1 is 1.17 bits per heavy atom. The highest BCUT2D eigenvalue weighted by Gasteiger charge is 2.18. The van der Waals surface area contributed by atoms with Crippen LogP contribution in [0.1, 0.15) is 21.6 Å². The van der Waals surface area contributed by atoms with Gasteiger partial charge in [-0.3, -0.25) is 4.79 Å². The minimum absolute atomic E-state index is 0.0378. The standard InChI is InChI=1S/C16H13Cl3N2O3/c1-8-5-9(2)20-15(19)14(8)16(23)24-7-13(22)21-12-6-10(17)3-4-11(12)18/h3-6H,7H2,1-2H3,(H,21,22). The smallest absolute Gasteiger partial charge is 0.342 e. The lowest BCUT2D eigenvalue weighted by Crippen LogP contribution is -2.21. The molecule has 0 atom stereocenters. The van der Waals surface area contributed by atoms with E-state index in [1.165, 1.54) is 6.07 Å². The van der Waals surface area contributed by atoms with E-state index < -0.39 is 18.5 Å². The van der Waals surface area contributed by atoms with Gasteiger partial charge in [0.05, 0.1) is 16.3 Å². The molecule has 0 aliphatic rings. The topological polar surface area (TPSA) is 68.3 Å². The Labute approximate surface area is 153 Å². The average Bonchev–Trinajstić information content (AvgIpc) is 2.48. The van der Waals surface area contributed by atoms with Crippen molar-refractivity contribution < 1.29 is 14.3 Å². The number of esters is 1. The second-order valence-electron chi connectivity index (χ2n) is 4.99. The summed E-state index contributed by atoms with van der Waals surface area (Å²) >= 11 is 17.8. The molecule has 1 heterocycles. The fraction of sp³-hybridized carbons (Fsp3) is 0.188. The van der Waals surface area contributed by atoms with Gasteiger partial charge in [-0.25, -0.2) is 9.78 Å². The molecular weight excluding hydrogens is 375 g/mol. The molecule has 24 heavy (non-hydrogen) atoms. The summed E-state index contributed by atoms with van der Waals surface area (Å²) in [7, 11) is 0. The van der Waals surface area contributed by atoms with Gasteiger partial charge in [0.2, 0.25) is 0 Å². The molecule has 0 radical (unpaired) electrons. The number of anilines is 1. The SMILES string of the molecule is Cc1cc(C)c(C(=O)OCC(=O)Nc2cc(Cl)ccc2Cl)c(Cl)n1. The third kappa shape index (κ3) is 4.60. The van der Waals surface area contributed by atoms with E-state index in [0.29, 0.717) is 27.0 Å². The van der Waals surface area contributed by atoms with Crippen molar-refractivity contribution in [3.05, 3.63) is 56.3 Å². The van der Waals surface area contributed by atoms with Gasteiger partial charge in [0.1, 0.15) is 5.15 Å². The summed E-state index contributed by atoms with van der Waals surface area (Å²) in [6.07, 6.45) is 0. The highest BCUT2D eigenvalue weighted by Crippen LogP contribution is 2.25. The summed E-state index contributed by atoms with van der Waals surface area (Å²) in [5.41, 5.74) is 1.77. The maximum atomic E-state index is 12.1. The Morgan fingerprint density at radius 3 is 2.54 bits per heavy atom. The van der Waals surface area contributed by atoms with E-state index in [9.17, 15) is 9.59 Å². The molecule has 0 saturated heterocycles. The number of rotatable bonds is 4. The minimum atomic E-state index is -0.725. The van der Waals surface area contributed by atoms with E-state index >= 15 is 0 Å². The first kappa shape index (κ1) is 18.5. The van der Waals surface area contributed by atoms with Crippen molar-refractivity contribution in [3.63, 3.8) is 0 Å². The summed E-state index contributed by atoms with van der Waals surface area (Å²) in [6.45, 7) is 2.98. The number of hydrogen-bond donors (Lipinski definition) is 1. The Kier molecular flexibility index (Phi) is 6.04. The van der Waals surface area contributed by atoms with Gasteiger partial charge in [-0.1, -0.05) is 34.8 Å². The van der Waals surface area contributed by atoms with E-state index in [4.69, 9.17) is 39.5 Å². The van der Waals surface area contributed by atoms with Gasteiger partial charge in [0.15, 0.2) is 6.61 Å². The maximum Gasteiger partial charge on any atom is 0.342 e. The van der Waals surface area contributed by atoms with Crippen LogP contribution in [-0.4, -0.2) is 23.5 Å². The molecular formula is C16H13Cl3N2O3. The molecule has 0 saturated carbocycles. The first-order valence-corrected chi connectivity index (χ1v) is 7.97. The largest absolute Gasteiger partial charge is 0.452 e. The van der Waals surface area contributed by atoms with Gasteiger partial charge in [-0.2, -0.15) is 0 Å². The van der Waals surface area contributed by atoms with Crippen LogP contribution in [0.2, 0.25) is 15.2 Å². The summed E-state index contributed by atoms with van der Waals surface area (Å²) in [6, 6.07) is 6.34. The molecule has 2 rings (SSSR count). The number of nitrogens with one attached hydrogen (secondary N) is 1. The van der Waals surface area contributed by atoms with Crippen LogP contribution in [0.4, 0.5) is 5.69 Å². The number of carbonyl (C=O) groups is 2. The lowest BCUT2D eigenvalue weighted by molar-refractivity contribution is -0.119. The first-order valence-electron chi connectivity index (χ1n) is 6.83. The molecule has 126 valence electrons. The van der Waals surface area contributed by atoms with Crippen molar-refractivity contribution in [2.24, 2.45) is 0 Å². The van der Waals surface area contributed by atoms with Gasteiger partial charge in [0.25, 0.3) is 5.91 Å². The Morgan fingerprint density at radius 2 is 1.88 bits per heavy atom. The molecule has 5 nitrogen and oxygen atoms in total. The number of carbonyl (C=O) groups excluding carboxylic acids is 2. The summed E-state index contributed by atoms with van der Waals surface area (Å²) < 4.78 is 4.98. The van der Waals surface area contributed by atoms with Gasteiger partial charge in [-0.15, -0.1) is 0 Å². The second-order valence-corrected chi connectivity index (χ2v) is 6.20. The molecule has 1 N–H and O–H groups in total. The van der Waals surface area contributed by atoms with Crippen LogP contribution in [0.25, 0.3) is 0 Å². The normalized spacial score (nSPS) is 10.4. The molecule has 0 bridgehead atoms. The molecule has 0 aliphatic heterocycles. The minimum Gasteiger partial charge on any atom is -0.452 e. The number of amides is 1. The van der Waals surface area contributed by atoms with Crippen molar-refractivity contribution >= 4 is 52.4 Å². The number of nitrogens with zero attached hydrogens (tertiary/aromatic N) is 1. The number of pyridine rings is 1. The number of aromatic nitrogens is 1. The molecule has 8 heteroatoms. The number of benzene rings is 1. The molecule has 0 spiro atoms. The molecule has 0 unspecified atom stereocenters. The number of hydrogen-bond acceptors (Lipinski definition) is 4. The lowest BCUT2D eigenvalue weighted by atomic mass is 10.1. The van der Waals surface area contributed by atoms with Crippen molar-refractivity contribution in [2.45, 2.75) is 13.8 Å². The molecule has 1 aromatic carbocycles. The summed E-state index contributed by atoms with van der Waals surface area (Å²) in [4.78, 5) is 28.0. The van der Waals surface area contributed by atoms with Crippen LogP contribution in [-0.2, 0) is 9.53 Å². The monoisotopic (exact) mass is 386 g/mol. The number of ether oxygens (including phenoxy) is 1. The zero-order valence-corrected chi connectivity index (χ0v) is 15.1. The van der Waals surface area contributed by atoms with Crippen molar-refractivity contribution in [3.8, 4) is 0 Å². The van der Waals surface area contributed by atoms with Crippen molar-refractivity contribution in [1.82, 2.24) is 4.98 Å². The highest BCUT2D eigenvalue weighted by molar-refractivity contribution is 6.35. The molecule has 1 aromatic heterocycles. The number of aryl methyl sites for hydroxylation is 2. The fourth-order valence-corrected chi connectivity index (χ4v) is 2.72. The Balaban J connectivity index is 2.02. The van der Waals surface area contributed by atoms with Gasteiger partial charge in [-0.05, 0) is 43.7 Å². The summed E-state index contributed by atoms with van der Waals surface area (Å²) in [5.74, 6) is -1.28. The highest BCUT2D eigenvalue weighted by atomic mass is 35.5. The second kappa shape index (κ2) is 7.83. The van der Waals surface area contributed by atoms with Gasteiger partial charge >= 0.3 is 5.97 Å². The third-order valence-electron chi connectivity index (χ3n) is 3.04. The first-order chi connectivity index (χ1) is 11.3. The predicted octanol–water partition coefficient (Wildman–Crippen LogP) is 4.45. The summed E-state index contributed by atoms with van der Waals surface area (Å²) in [5, 5.41) is 3.29. The average molecular weight is 388 g/mol. The molecule has 2 aromatic rings. The van der Waals surface area contributed by atoms with E-state index in [-0.39, 0.29) is 10.7 Å². The van der Waals surface area contributed by atoms with Crippen LogP contribution in [0.5, 0.6) is 0 Å². The fourth-order valence-electron chi connectivity index (χ4n) is 2.02. The molecule has 0 aliphatic carbocycles. The van der Waals surface area contributed by atoms with Gasteiger partial charge < -0.3 is 10.1 Å². The van der Waals surface area contributed by atoms with E-state index in [0.717, 1.165) is 0 Å². The Hall–Kier alpha value is -1.82. The van der Waals surface area contributed by atoms with Crippen molar-refractivity contribution in [1.29, 1.82) is 0 Å². The predicted molar refractivity (Wildman–Crippen MR) is 94.1 cm³/mol. The van der Waals surface area contributed by atoms with Gasteiger partial charge in [0, 0.05) is 10.7 Å². The molecule has 1 amide bonds. The Bertz CT molecular complexity index is 786. The van der Waals surface area contributed by atoms with Crippen LogP contribution >= 0.6 is 34.8 Å². The molecule has 0 fully saturated rings. The van der Waals surface area contributed by atoms with E-state index in [2.05, 4.69) is 10.3 Å². The zero-order chi connectivity index (χ0) is 17.9. The van der Waals surface area contributed by atoms with Crippen LogP contribution < -0.4 is 5.32 Å². The van der Waals surface area contributed by atoms with Crippen LogP contribution in [0, 0.1) is 13.8 Å². The van der Waals surface area contributed by atoms with E-state index in [1.54, 1.807) is 32.0 Å².